The van der Waals surface area contributed by atoms with Crippen molar-refractivity contribution in [2.24, 2.45) is 0 Å². The highest BCUT2D eigenvalue weighted by Crippen LogP contribution is 2.47. The molecule has 2 aromatic heterocycles. The number of benzene rings is 9. The van der Waals surface area contributed by atoms with Gasteiger partial charge in [0, 0.05) is 37.9 Å². The average Bonchev–Trinajstić information content (AvgIpc) is 3.53. The van der Waals surface area contributed by atoms with Crippen molar-refractivity contribution in [3.05, 3.63) is 164 Å². The lowest BCUT2D eigenvalue weighted by Gasteiger charge is -2.16. The molecule has 11 rings (SSSR count). The average molecular weight is 622 g/mol. The van der Waals surface area contributed by atoms with Gasteiger partial charge in [0.05, 0.1) is 22.2 Å². The minimum absolute atomic E-state index is 0.670. The summed E-state index contributed by atoms with van der Waals surface area (Å²) in [4.78, 5) is 11.0. The molecule has 0 N–H and O–H groups in total. The van der Waals surface area contributed by atoms with Gasteiger partial charge in [0.25, 0.3) is 0 Å². The molecule has 226 valence electrons. The van der Waals surface area contributed by atoms with E-state index >= 15 is 0 Å². The zero-order valence-corrected chi connectivity index (χ0v) is 26.4. The molecular weight excluding hydrogens is 595 g/mol. The van der Waals surface area contributed by atoms with Crippen LogP contribution >= 0.6 is 0 Å². The van der Waals surface area contributed by atoms with Crippen molar-refractivity contribution >= 4 is 86.6 Å². The van der Waals surface area contributed by atoms with Crippen LogP contribution in [0.1, 0.15) is 0 Å². The Morgan fingerprint density at radius 2 is 0.898 bits per heavy atom. The van der Waals surface area contributed by atoms with E-state index < -0.39 is 0 Å². The van der Waals surface area contributed by atoms with E-state index in [1.54, 1.807) is 0 Å². The predicted octanol–water partition coefficient (Wildman–Crippen LogP) is 12.2. The summed E-state index contributed by atoms with van der Waals surface area (Å²) in [7, 11) is 0. The van der Waals surface area contributed by atoms with Gasteiger partial charge in [-0.1, -0.05) is 152 Å². The van der Waals surface area contributed by atoms with E-state index in [4.69, 9.17) is 9.97 Å². The smallest absolute Gasteiger partial charge is 0.235 e. The first kappa shape index (κ1) is 26.5. The number of hydrogen-bond donors (Lipinski definition) is 0. The van der Waals surface area contributed by atoms with Crippen LogP contribution in [0.15, 0.2) is 164 Å². The summed E-state index contributed by atoms with van der Waals surface area (Å²) in [6.45, 7) is 0. The second-order valence-electron chi connectivity index (χ2n) is 12.9. The summed E-state index contributed by atoms with van der Waals surface area (Å²) >= 11 is 0. The zero-order valence-electron chi connectivity index (χ0n) is 26.4. The van der Waals surface area contributed by atoms with Crippen LogP contribution in [0.3, 0.4) is 0 Å². The van der Waals surface area contributed by atoms with Gasteiger partial charge in [-0.25, -0.2) is 9.97 Å². The zero-order chi connectivity index (χ0) is 32.1. The van der Waals surface area contributed by atoms with Crippen LogP contribution in [0, 0.1) is 0 Å². The van der Waals surface area contributed by atoms with E-state index in [1.165, 1.54) is 53.9 Å². The number of hydrogen-bond acceptors (Lipinski definition) is 2. The Hall–Kier alpha value is -6.58. The van der Waals surface area contributed by atoms with E-state index in [9.17, 15) is 0 Å². The maximum absolute atomic E-state index is 5.48. The lowest BCUT2D eigenvalue weighted by molar-refractivity contribution is 1.02. The fraction of sp³-hybridized carbons (Fsp3) is 0. The Bertz CT molecular complexity index is 3160. The number of fused-ring (bicyclic) bond motifs is 16. The molecule has 0 fully saturated rings. The molecule has 0 aliphatic carbocycles. The molecule has 0 amide bonds. The molecule has 3 heteroatoms. The van der Waals surface area contributed by atoms with Crippen molar-refractivity contribution in [2.45, 2.75) is 0 Å². The van der Waals surface area contributed by atoms with Crippen molar-refractivity contribution in [1.82, 2.24) is 14.5 Å². The predicted molar refractivity (Wildman–Crippen MR) is 207 cm³/mol. The fourth-order valence-corrected chi connectivity index (χ4v) is 8.31. The molecule has 49 heavy (non-hydrogen) atoms. The summed E-state index contributed by atoms with van der Waals surface area (Å²) in [5, 5.41) is 15.8. The Morgan fingerprint density at radius 1 is 0.347 bits per heavy atom. The molecule has 11 aromatic rings. The summed E-state index contributed by atoms with van der Waals surface area (Å²) in [5.41, 5.74) is 5.17. The van der Waals surface area contributed by atoms with E-state index in [0.29, 0.717) is 5.95 Å². The highest BCUT2D eigenvalue weighted by molar-refractivity contribution is 6.42. The number of rotatable bonds is 2. The molecule has 0 atom stereocenters. The third-order valence-electron chi connectivity index (χ3n) is 10.3. The monoisotopic (exact) mass is 621 g/mol. The van der Waals surface area contributed by atoms with E-state index in [0.717, 1.165) is 44.0 Å². The third kappa shape index (κ3) is 3.62. The minimum atomic E-state index is 0.670. The highest BCUT2D eigenvalue weighted by atomic mass is 15.2. The van der Waals surface area contributed by atoms with Crippen LogP contribution in [-0.4, -0.2) is 14.5 Å². The van der Waals surface area contributed by atoms with Crippen molar-refractivity contribution in [3.63, 3.8) is 0 Å². The minimum Gasteiger partial charge on any atom is -0.277 e. The van der Waals surface area contributed by atoms with Gasteiger partial charge in [-0.3, -0.25) is 4.57 Å². The summed E-state index contributed by atoms with van der Waals surface area (Å²) in [5.74, 6) is 0.670. The molecule has 0 bridgehead atoms. The second-order valence-corrected chi connectivity index (χ2v) is 12.9. The topological polar surface area (TPSA) is 30.7 Å². The largest absolute Gasteiger partial charge is 0.277 e. The van der Waals surface area contributed by atoms with Crippen molar-refractivity contribution in [2.75, 3.05) is 0 Å². The van der Waals surface area contributed by atoms with Crippen LogP contribution in [0.2, 0.25) is 0 Å². The van der Waals surface area contributed by atoms with Crippen LogP contribution in [0.5, 0.6) is 0 Å². The Balaban J connectivity index is 1.42. The van der Waals surface area contributed by atoms with Gasteiger partial charge in [0.1, 0.15) is 0 Å². The van der Waals surface area contributed by atoms with E-state index in [-0.39, 0.29) is 0 Å². The standard InChI is InChI=1S/C46H27N3/c1-2-15-29(16-3-1)43-38-27-26-28-14-4-5-17-30(28)44(38)48-46(47-43)49-39-25-13-12-24-37(39)42-41-34-21-9-7-19-32(34)31-18-6-8-20-33(31)40(41)35-22-10-11-23-36(35)45(42)49/h1-27H. The molecule has 0 radical (unpaired) electrons. The molecule has 3 nitrogen and oxygen atoms in total. The first-order valence-electron chi connectivity index (χ1n) is 16.8. The van der Waals surface area contributed by atoms with Gasteiger partial charge in [-0.05, 0) is 49.8 Å². The maximum Gasteiger partial charge on any atom is 0.235 e. The Labute approximate surface area is 281 Å². The molecule has 0 spiro atoms. The molecular formula is C46H27N3. The first-order chi connectivity index (χ1) is 24.3. The van der Waals surface area contributed by atoms with Gasteiger partial charge in [0.15, 0.2) is 0 Å². The Kier molecular flexibility index (Phi) is 5.38. The molecule has 0 unspecified atom stereocenters. The summed E-state index contributed by atoms with van der Waals surface area (Å²) in [6.07, 6.45) is 0. The van der Waals surface area contributed by atoms with Crippen molar-refractivity contribution in [3.8, 4) is 17.2 Å². The van der Waals surface area contributed by atoms with Gasteiger partial charge in [-0.15, -0.1) is 0 Å². The molecule has 2 heterocycles. The molecule has 0 aliphatic rings. The second kappa shape index (κ2) is 9.96. The summed E-state index contributed by atoms with van der Waals surface area (Å²) < 4.78 is 2.32. The van der Waals surface area contributed by atoms with Gasteiger partial charge in [0.2, 0.25) is 5.95 Å². The van der Waals surface area contributed by atoms with Gasteiger partial charge < -0.3 is 0 Å². The molecule has 9 aromatic carbocycles. The van der Waals surface area contributed by atoms with Gasteiger partial charge in [-0.2, -0.15) is 0 Å². The number of nitrogens with zero attached hydrogens (tertiary/aromatic N) is 3. The highest BCUT2D eigenvalue weighted by Gasteiger charge is 2.24. The molecule has 0 saturated carbocycles. The van der Waals surface area contributed by atoms with E-state index in [1.807, 2.05) is 0 Å². The molecule has 0 saturated heterocycles. The van der Waals surface area contributed by atoms with Crippen LogP contribution < -0.4 is 0 Å². The summed E-state index contributed by atoms with van der Waals surface area (Å²) in [6, 6.07) is 58.8. The number of para-hydroxylation sites is 1. The molecule has 0 aliphatic heterocycles. The fourth-order valence-electron chi connectivity index (χ4n) is 8.31. The van der Waals surface area contributed by atoms with E-state index in [2.05, 4.69) is 168 Å². The SMILES string of the molecule is c1ccc(-c2nc(-n3c4ccccc4c4c5c6ccccc6c6ccccc6c5c5ccccc5c43)nc3c2ccc2ccccc23)cc1. The van der Waals surface area contributed by atoms with Crippen molar-refractivity contribution < 1.29 is 0 Å². The maximum atomic E-state index is 5.48. The van der Waals surface area contributed by atoms with Crippen LogP contribution in [0.25, 0.3) is 104 Å². The third-order valence-corrected chi connectivity index (χ3v) is 10.3. The number of aromatic nitrogens is 3. The normalized spacial score (nSPS) is 12.1. The van der Waals surface area contributed by atoms with Crippen molar-refractivity contribution in [1.29, 1.82) is 0 Å². The Morgan fingerprint density at radius 3 is 1.63 bits per heavy atom. The van der Waals surface area contributed by atoms with Crippen LogP contribution in [-0.2, 0) is 0 Å². The lowest BCUT2D eigenvalue weighted by atomic mass is 9.88. The lowest BCUT2D eigenvalue weighted by Crippen LogP contribution is -2.04. The quantitative estimate of drug-likeness (QED) is 0.180. The van der Waals surface area contributed by atoms with Gasteiger partial charge >= 0.3 is 0 Å². The van der Waals surface area contributed by atoms with Crippen LogP contribution in [0.4, 0.5) is 0 Å². The first-order valence-corrected chi connectivity index (χ1v) is 16.8.